The van der Waals surface area contributed by atoms with Crippen LogP contribution < -0.4 is 0 Å². The number of aliphatic hydroxyl groups is 1. The molecule has 0 aliphatic heterocycles. The molecule has 0 bridgehead atoms. The van der Waals surface area contributed by atoms with Gasteiger partial charge in [0.15, 0.2) is 0 Å². The summed E-state index contributed by atoms with van der Waals surface area (Å²) in [5, 5.41) is 8.54. The first-order valence-electron chi connectivity index (χ1n) is 4.93. The molecule has 2 nitrogen and oxygen atoms in total. The molecule has 1 N–H and O–H groups in total. The number of unbranched alkanes of at least 4 members (excludes halogenated alkanes) is 3. The molecule has 0 aliphatic rings. The van der Waals surface area contributed by atoms with Crippen molar-refractivity contribution in [1.29, 1.82) is 0 Å². The third-order valence-electron chi connectivity index (χ3n) is 1.72. The Balaban J connectivity index is 3.38. The number of allylic oxidation sites excluding steroid dienone is 2. The van der Waals surface area contributed by atoms with Gasteiger partial charge >= 0.3 is 0 Å². The minimum absolute atomic E-state index is 0.0287. The van der Waals surface area contributed by atoms with Gasteiger partial charge in [-0.25, -0.2) is 0 Å². The molecule has 80 valence electrons. The van der Waals surface area contributed by atoms with Crippen LogP contribution in [0.15, 0.2) is 12.2 Å². The van der Waals surface area contributed by atoms with Gasteiger partial charge < -0.3 is 9.63 Å². The van der Waals surface area contributed by atoms with Crippen molar-refractivity contribution in [2.75, 3.05) is 6.61 Å². The van der Waals surface area contributed by atoms with Gasteiger partial charge in [-0.05, 0) is 32.3 Å². The highest BCUT2D eigenvalue weighted by atomic mass is 31.0. The van der Waals surface area contributed by atoms with Crippen molar-refractivity contribution in [2.24, 2.45) is 0 Å². The highest BCUT2D eigenvalue weighted by Gasteiger charge is 1.87. The third-order valence-corrected chi connectivity index (χ3v) is 2.13. The molecule has 0 amide bonds. The Morgan fingerprint density at radius 1 is 1.43 bits per heavy atom. The monoisotopic (exact) mass is 214 g/mol. The maximum absolute atomic E-state index is 8.54. The van der Waals surface area contributed by atoms with Gasteiger partial charge in [0, 0.05) is 16.1 Å². The second-order valence-corrected chi connectivity index (χ2v) is 3.31. The maximum atomic E-state index is 8.54. The van der Waals surface area contributed by atoms with Crippen LogP contribution >= 0.6 is 9.47 Å². The lowest BCUT2D eigenvalue weighted by Gasteiger charge is -1.95. The molecule has 2 atom stereocenters. The van der Waals surface area contributed by atoms with Crippen LogP contribution in [-0.2, 0) is 4.52 Å². The van der Waals surface area contributed by atoms with Gasteiger partial charge in [-0.3, -0.25) is 0 Å². The Morgan fingerprint density at radius 2 is 2.21 bits per heavy atom. The number of aliphatic hydroxyl groups excluding tert-OH is 1. The number of hydrogen-bond acceptors (Lipinski definition) is 2. The van der Waals surface area contributed by atoms with Crippen LogP contribution in [0, 0.1) is 11.8 Å². The Labute approximate surface area is 89.0 Å². The summed E-state index contributed by atoms with van der Waals surface area (Å²) < 4.78 is 4.89. The number of rotatable bonds is 6. The molecular weight excluding hydrogens is 195 g/mol. The Bertz CT molecular complexity index is 203. The predicted octanol–water partition coefficient (Wildman–Crippen LogP) is 2.29. The molecule has 14 heavy (non-hydrogen) atoms. The van der Waals surface area contributed by atoms with Crippen molar-refractivity contribution in [3.8, 4) is 11.8 Å². The first-order chi connectivity index (χ1) is 6.81. The lowest BCUT2D eigenvalue weighted by molar-refractivity contribution is 0.283. The zero-order valence-electron chi connectivity index (χ0n) is 8.70. The molecule has 3 heteroatoms. The van der Waals surface area contributed by atoms with Crippen molar-refractivity contribution in [3.05, 3.63) is 12.2 Å². The molecule has 0 saturated carbocycles. The van der Waals surface area contributed by atoms with Crippen LogP contribution in [0.4, 0.5) is 0 Å². The van der Waals surface area contributed by atoms with E-state index in [-0.39, 0.29) is 6.10 Å². The lowest BCUT2D eigenvalue weighted by Crippen LogP contribution is -1.94. The Kier molecular flexibility index (Phi) is 10.5. The molecule has 0 saturated heterocycles. The predicted molar refractivity (Wildman–Crippen MR) is 62.7 cm³/mol. The van der Waals surface area contributed by atoms with Crippen molar-refractivity contribution < 1.29 is 9.63 Å². The first-order valence-corrected chi connectivity index (χ1v) is 5.41. The van der Waals surface area contributed by atoms with Crippen LogP contribution in [0.5, 0.6) is 0 Å². The van der Waals surface area contributed by atoms with E-state index in [4.69, 9.17) is 9.63 Å². The molecule has 0 fully saturated rings. The molecule has 0 aromatic heterocycles. The summed E-state index contributed by atoms with van der Waals surface area (Å²) in [7, 11) is 2.20. The zero-order chi connectivity index (χ0) is 10.6. The van der Waals surface area contributed by atoms with Crippen LogP contribution in [0.1, 0.15) is 32.6 Å². The minimum Gasteiger partial charge on any atom is -0.396 e. The minimum atomic E-state index is -0.0287. The average Bonchev–Trinajstić information content (AvgIpc) is 2.21. The molecule has 0 aromatic carbocycles. The summed E-state index contributed by atoms with van der Waals surface area (Å²) in [5.41, 5.74) is 0. The summed E-state index contributed by atoms with van der Waals surface area (Å²) in [4.78, 5) is 0. The summed E-state index contributed by atoms with van der Waals surface area (Å²) >= 11 is 0. The quantitative estimate of drug-likeness (QED) is 0.417. The second-order valence-electron chi connectivity index (χ2n) is 3.04. The van der Waals surface area contributed by atoms with Gasteiger partial charge in [0.1, 0.15) is 6.10 Å². The van der Waals surface area contributed by atoms with Crippen LogP contribution in [0.3, 0.4) is 0 Å². The van der Waals surface area contributed by atoms with E-state index in [0.717, 1.165) is 25.7 Å². The van der Waals surface area contributed by atoms with Crippen molar-refractivity contribution in [1.82, 2.24) is 0 Å². The van der Waals surface area contributed by atoms with Crippen LogP contribution in [0.2, 0.25) is 0 Å². The molecule has 0 aliphatic carbocycles. The van der Waals surface area contributed by atoms with Crippen LogP contribution in [-0.4, -0.2) is 17.8 Å². The standard InChI is InChI=1S/C11H19O2P/c1-11(13-14)9-7-5-3-2-4-6-8-10-12/h3,5,11-12H,2,4,6,8,10,14H2,1H3/b5-3+. The largest absolute Gasteiger partial charge is 0.396 e. The van der Waals surface area contributed by atoms with Crippen molar-refractivity contribution >= 4 is 9.47 Å². The van der Waals surface area contributed by atoms with Gasteiger partial charge in [0.2, 0.25) is 0 Å². The topological polar surface area (TPSA) is 29.5 Å². The Morgan fingerprint density at radius 3 is 2.86 bits per heavy atom. The van der Waals surface area contributed by atoms with Gasteiger partial charge in [0.05, 0.1) is 0 Å². The van der Waals surface area contributed by atoms with Gasteiger partial charge in [-0.15, -0.1) is 0 Å². The van der Waals surface area contributed by atoms with E-state index in [1.165, 1.54) is 0 Å². The Hall–Kier alpha value is -0.350. The van der Waals surface area contributed by atoms with Crippen LogP contribution in [0.25, 0.3) is 0 Å². The SMILES string of the molecule is CC(C#C/C=C/CCCCCO)OP. The highest BCUT2D eigenvalue weighted by molar-refractivity contribution is 7.09. The van der Waals surface area contributed by atoms with Gasteiger partial charge in [-0.1, -0.05) is 24.3 Å². The van der Waals surface area contributed by atoms with E-state index in [1.807, 2.05) is 13.0 Å². The van der Waals surface area contributed by atoms with E-state index >= 15 is 0 Å². The fraction of sp³-hybridized carbons (Fsp3) is 0.636. The molecule has 0 rings (SSSR count). The molecule has 0 radical (unpaired) electrons. The molecule has 2 unspecified atom stereocenters. The summed E-state index contributed by atoms with van der Waals surface area (Å²) in [6, 6.07) is 0. The first kappa shape index (κ1) is 13.7. The zero-order valence-corrected chi connectivity index (χ0v) is 9.86. The van der Waals surface area contributed by atoms with Crippen molar-refractivity contribution in [2.45, 2.75) is 38.7 Å². The molecule has 0 aromatic rings. The lowest BCUT2D eigenvalue weighted by atomic mass is 10.2. The summed E-state index contributed by atoms with van der Waals surface area (Å²) in [5.74, 6) is 5.82. The van der Waals surface area contributed by atoms with Gasteiger partial charge in [0.25, 0.3) is 0 Å². The third kappa shape index (κ3) is 9.74. The normalized spacial score (nSPS) is 12.5. The van der Waals surface area contributed by atoms with Crippen molar-refractivity contribution in [3.63, 3.8) is 0 Å². The fourth-order valence-corrected chi connectivity index (χ4v) is 0.961. The average molecular weight is 214 g/mol. The summed E-state index contributed by atoms with van der Waals surface area (Å²) in [6.45, 7) is 2.20. The highest BCUT2D eigenvalue weighted by Crippen LogP contribution is 1.99. The van der Waals surface area contributed by atoms with Gasteiger partial charge in [-0.2, -0.15) is 0 Å². The molecular formula is C11H19O2P. The van der Waals surface area contributed by atoms with E-state index in [9.17, 15) is 0 Å². The maximum Gasteiger partial charge on any atom is 0.119 e. The number of hydrogen-bond donors (Lipinski definition) is 1. The van der Waals surface area contributed by atoms with E-state index < -0.39 is 0 Å². The fourth-order valence-electron chi connectivity index (χ4n) is 0.893. The smallest absolute Gasteiger partial charge is 0.119 e. The second kappa shape index (κ2) is 10.7. The van der Waals surface area contributed by atoms with E-state index in [0.29, 0.717) is 6.61 Å². The molecule has 0 heterocycles. The molecule has 0 spiro atoms. The van der Waals surface area contributed by atoms with E-state index in [2.05, 4.69) is 27.4 Å². The van der Waals surface area contributed by atoms with E-state index in [1.54, 1.807) is 0 Å². The summed E-state index contributed by atoms with van der Waals surface area (Å²) in [6.07, 6.45) is 8.02.